The quantitative estimate of drug-likeness (QED) is 0.726. The molecule has 88 valence electrons. The molecule has 1 N–H and O–H groups in total. The molecule has 1 saturated heterocycles. The summed E-state index contributed by atoms with van der Waals surface area (Å²) < 4.78 is 11.0. The maximum absolute atomic E-state index is 5.58. The molecule has 1 aliphatic carbocycles. The summed E-state index contributed by atoms with van der Waals surface area (Å²) in [5, 5.41) is 3.58. The first-order valence-electron chi connectivity index (χ1n) is 6.10. The van der Waals surface area contributed by atoms with Gasteiger partial charge in [0, 0.05) is 32.7 Å². The summed E-state index contributed by atoms with van der Waals surface area (Å²) >= 11 is 0. The molecule has 2 rings (SSSR count). The summed E-state index contributed by atoms with van der Waals surface area (Å²) in [7, 11) is 1.79. The molecule has 2 unspecified atom stereocenters. The first-order chi connectivity index (χ1) is 7.24. The normalized spacial score (nSPS) is 33.2. The molecular weight excluding hydrogens is 190 g/mol. The molecule has 3 heteroatoms. The van der Waals surface area contributed by atoms with Crippen LogP contribution in [0.3, 0.4) is 0 Å². The number of ether oxygens (including phenoxy) is 2. The SMILES string of the molecule is COC1(CNC(C)CC2CC2)CCOC1. The second-order valence-electron chi connectivity index (χ2n) is 5.15. The van der Waals surface area contributed by atoms with Gasteiger partial charge in [0.2, 0.25) is 0 Å². The Bertz CT molecular complexity index is 198. The van der Waals surface area contributed by atoms with Gasteiger partial charge in [0.1, 0.15) is 5.60 Å². The summed E-state index contributed by atoms with van der Waals surface area (Å²) in [6.45, 7) is 4.79. The highest BCUT2D eigenvalue weighted by Crippen LogP contribution is 2.33. The molecule has 0 aromatic carbocycles. The van der Waals surface area contributed by atoms with Gasteiger partial charge >= 0.3 is 0 Å². The highest BCUT2D eigenvalue weighted by atomic mass is 16.5. The van der Waals surface area contributed by atoms with E-state index >= 15 is 0 Å². The van der Waals surface area contributed by atoms with Gasteiger partial charge in [-0.1, -0.05) is 12.8 Å². The van der Waals surface area contributed by atoms with Crippen LogP contribution in [0.15, 0.2) is 0 Å². The molecule has 2 atom stereocenters. The van der Waals surface area contributed by atoms with E-state index in [1.54, 1.807) is 7.11 Å². The fraction of sp³-hybridized carbons (Fsp3) is 1.00. The first kappa shape index (κ1) is 11.4. The average Bonchev–Trinajstić information content (AvgIpc) is 2.93. The van der Waals surface area contributed by atoms with E-state index in [1.165, 1.54) is 19.3 Å². The Morgan fingerprint density at radius 2 is 2.33 bits per heavy atom. The van der Waals surface area contributed by atoms with Crippen molar-refractivity contribution in [2.75, 3.05) is 26.9 Å². The lowest BCUT2D eigenvalue weighted by Gasteiger charge is -2.28. The number of hydrogen-bond acceptors (Lipinski definition) is 3. The predicted octanol–water partition coefficient (Wildman–Crippen LogP) is 1.57. The minimum atomic E-state index is -0.0577. The minimum absolute atomic E-state index is 0.0577. The van der Waals surface area contributed by atoms with E-state index < -0.39 is 0 Å². The Kier molecular flexibility index (Phi) is 3.65. The summed E-state index contributed by atoms with van der Waals surface area (Å²) in [6.07, 6.45) is 5.21. The fourth-order valence-electron chi connectivity index (χ4n) is 2.26. The van der Waals surface area contributed by atoms with Gasteiger partial charge in [-0.15, -0.1) is 0 Å². The van der Waals surface area contributed by atoms with Crippen molar-refractivity contribution in [2.24, 2.45) is 5.92 Å². The zero-order valence-electron chi connectivity index (χ0n) is 9.92. The second kappa shape index (κ2) is 4.81. The van der Waals surface area contributed by atoms with Gasteiger partial charge in [0.05, 0.1) is 6.61 Å². The molecule has 0 aromatic heterocycles. The van der Waals surface area contributed by atoms with Crippen molar-refractivity contribution < 1.29 is 9.47 Å². The molecule has 0 spiro atoms. The summed E-state index contributed by atoms with van der Waals surface area (Å²) in [5.74, 6) is 0.992. The van der Waals surface area contributed by atoms with Crippen molar-refractivity contribution in [3.63, 3.8) is 0 Å². The smallest absolute Gasteiger partial charge is 0.106 e. The Labute approximate surface area is 92.5 Å². The molecule has 0 bridgehead atoms. The van der Waals surface area contributed by atoms with Gasteiger partial charge in [-0.05, 0) is 19.3 Å². The van der Waals surface area contributed by atoms with Crippen molar-refractivity contribution in [1.29, 1.82) is 0 Å². The van der Waals surface area contributed by atoms with E-state index in [2.05, 4.69) is 12.2 Å². The third kappa shape index (κ3) is 3.16. The van der Waals surface area contributed by atoms with E-state index in [4.69, 9.17) is 9.47 Å². The van der Waals surface area contributed by atoms with Gasteiger partial charge in [-0.25, -0.2) is 0 Å². The molecule has 1 aliphatic heterocycles. The molecule has 0 amide bonds. The highest BCUT2D eigenvalue weighted by molar-refractivity contribution is 4.88. The van der Waals surface area contributed by atoms with Crippen LogP contribution in [0.5, 0.6) is 0 Å². The van der Waals surface area contributed by atoms with Crippen LogP contribution in [0.2, 0.25) is 0 Å². The van der Waals surface area contributed by atoms with Crippen molar-refractivity contribution in [3.8, 4) is 0 Å². The fourth-order valence-corrected chi connectivity index (χ4v) is 2.26. The predicted molar refractivity (Wildman–Crippen MR) is 60.0 cm³/mol. The standard InChI is InChI=1S/C12H23NO2/c1-10(7-11-3-4-11)13-8-12(14-2)5-6-15-9-12/h10-11,13H,3-9H2,1-2H3. The van der Waals surface area contributed by atoms with Crippen LogP contribution in [-0.4, -0.2) is 38.5 Å². The highest BCUT2D eigenvalue weighted by Gasteiger charge is 2.35. The zero-order chi connectivity index (χ0) is 10.7. The van der Waals surface area contributed by atoms with Crippen LogP contribution in [0.4, 0.5) is 0 Å². The van der Waals surface area contributed by atoms with E-state index in [-0.39, 0.29) is 5.60 Å². The third-order valence-electron chi connectivity index (χ3n) is 3.66. The van der Waals surface area contributed by atoms with Crippen molar-refractivity contribution in [2.45, 2.75) is 44.2 Å². The van der Waals surface area contributed by atoms with Gasteiger partial charge in [0.15, 0.2) is 0 Å². The molecule has 0 aromatic rings. The van der Waals surface area contributed by atoms with E-state index in [9.17, 15) is 0 Å². The van der Waals surface area contributed by atoms with Gasteiger partial charge in [-0.3, -0.25) is 0 Å². The Morgan fingerprint density at radius 3 is 2.87 bits per heavy atom. The van der Waals surface area contributed by atoms with Crippen molar-refractivity contribution in [3.05, 3.63) is 0 Å². The van der Waals surface area contributed by atoms with Crippen LogP contribution in [0.25, 0.3) is 0 Å². The average molecular weight is 213 g/mol. The van der Waals surface area contributed by atoms with Crippen LogP contribution in [0.1, 0.15) is 32.6 Å². The number of hydrogen-bond donors (Lipinski definition) is 1. The Hall–Kier alpha value is -0.120. The summed E-state index contributed by atoms with van der Waals surface area (Å²) in [5.41, 5.74) is -0.0577. The van der Waals surface area contributed by atoms with Gasteiger partial charge in [0.25, 0.3) is 0 Å². The van der Waals surface area contributed by atoms with Crippen molar-refractivity contribution in [1.82, 2.24) is 5.32 Å². The summed E-state index contributed by atoms with van der Waals surface area (Å²) in [6, 6.07) is 0.616. The molecule has 1 heterocycles. The van der Waals surface area contributed by atoms with E-state index in [0.717, 1.165) is 32.1 Å². The summed E-state index contributed by atoms with van der Waals surface area (Å²) in [4.78, 5) is 0. The van der Waals surface area contributed by atoms with Crippen LogP contribution >= 0.6 is 0 Å². The topological polar surface area (TPSA) is 30.5 Å². The van der Waals surface area contributed by atoms with Crippen molar-refractivity contribution >= 4 is 0 Å². The Balaban J connectivity index is 1.69. The maximum atomic E-state index is 5.58. The maximum Gasteiger partial charge on any atom is 0.106 e. The molecule has 1 saturated carbocycles. The molecule has 3 nitrogen and oxygen atoms in total. The Morgan fingerprint density at radius 1 is 1.53 bits per heavy atom. The van der Waals surface area contributed by atoms with Gasteiger partial charge in [-0.2, -0.15) is 0 Å². The largest absolute Gasteiger partial charge is 0.378 e. The number of rotatable bonds is 6. The molecule has 2 aliphatic rings. The van der Waals surface area contributed by atoms with Crippen LogP contribution in [0, 0.1) is 5.92 Å². The molecule has 2 fully saturated rings. The first-order valence-corrected chi connectivity index (χ1v) is 6.10. The third-order valence-corrected chi connectivity index (χ3v) is 3.66. The van der Waals surface area contributed by atoms with E-state index in [1.807, 2.05) is 0 Å². The zero-order valence-corrected chi connectivity index (χ0v) is 9.92. The molecule has 0 radical (unpaired) electrons. The number of methoxy groups -OCH3 is 1. The van der Waals surface area contributed by atoms with E-state index in [0.29, 0.717) is 6.04 Å². The minimum Gasteiger partial charge on any atom is -0.378 e. The lowest BCUT2D eigenvalue weighted by atomic mass is 10.0. The van der Waals surface area contributed by atoms with Gasteiger partial charge < -0.3 is 14.8 Å². The molecular formula is C12H23NO2. The lowest BCUT2D eigenvalue weighted by molar-refractivity contribution is -0.0173. The lowest BCUT2D eigenvalue weighted by Crippen LogP contribution is -2.45. The monoisotopic (exact) mass is 213 g/mol. The number of nitrogens with one attached hydrogen (secondary N) is 1. The molecule has 15 heavy (non-hydrogen) atoms. The van der Waals surface area contributed by atoms with Crippen LogP contribution in [-0.2, 0) is 9.47 Å². The second-order valence-corrected chi connectivity index (χ2v) is 5.15. The van der Waals surface area contributed by atoms with Crippen LogP contribution < -0.4 is 5.32 Å².